The first-order valence-corrected chi connectivity index (χ1v) is 8.75. The monoisotopic (exact) mass is 452 g/mol. The van der Waals surface area contributed by atoms with Gasteiger partial charge >= 0.3 is 5.97 Å². The van der Waals surface area contributed by atoms with Gasteiger partial charge in [0.1, 0.15) is 0 Å². The highest BCUT2D eigenvalue weighted by molar-refractivity contribution is 9.10. The van der Waals surface area contributed by atoms with E-state index in [1.165, 1.54) is 18.2 Å². The fourth-order valence-electron chi connectivity index (χ4n) is 1.93. The largest absolute Gasteiger partial charge is 0.452 e. The molecule has 2 rings (SSSR count). The Morgan fingerprint density at radius 1 is 1.00 bits per heavy atom. The van der Waals surface area contributed by atoms with Crippen molar-refractivity contribution in [3.63, 3.8) is 0 Å². The molecule has 0 fully saturated rings. The van der Waals surface area contributed by atoms with Crippen molar-refractivity contribution in [3.8, 4) is 0 Å². The van der Waals surface area contributed by atoms with Crippen LogP contribution in [-0.4, -0.2) is 30.9 Å². The van der Waals surface area contributed by atoms with Crippen LogP contribution in [0, 0.1) is 11.6 Å². The number of carbonyl (C=O) groups excluding carboxylic acids is 3. The fraction of sp³-hybridized carbons (Fsp3) is 0.105. The number of rotatable bonds is 7. The Balaban J connectivity index is 1.70. The van der Waals surface area contributed by atoms with E-state index in [0.29, 0.717) is 0 Å². The molecule has 9 heteroatoms. The molecular formula is C19H15BrF2N2O4. The van der Waals surface area contributed by atoms with E-state index in [1.807, 2.05) is 12.1 Å². The molecule has 0 saturated heterocycles. The molecule has 2 aromatic carbocycles. The number of carbonyl (C=O) groups is 3. The van der Waals surface area contributed by atoms with Gasteiger partial charge in [-0.2, -0.15) is 0 Å². The van der Waals surface area contributed by atoms with Crippen molar-refractivity contribution in [2.24, 2.45) is 0 Å². The number of benzene rings is 2. The Kier molecular flexibility index (Phi) is 7.82. The third kappa shape index (κ3) is 7.28. The van der Waals surface area contributed by atoms with Crippen LogP contribution in [0.15, 0.2) is 53.0 Å². The van der Waals surface area contributed by atoms with Gasteiger partial charge in [0.2, 0.25) is 5.91 Å². The van der Waals surface area contributed by atoms with Crippen molar-refractivity contribution in [3.05, 3.63) is 70.2 Å². The minimum atomic E-state index is -1.11. The van der Waals surface area contributed by atoms with Crippen LogP contribution in [-0.2, 0) is 19.1 Å². The number of hydrogen-bond donors (Lipinski definition) is 2. The summed E-state index contributed by atoms with van der Waals surface area (Å²) in [5, 5.41) is 4.53. The minimum Gasteiger partial charge on any atom is -0.452 e. The van der Waals surface area contributed by atoms with E-state index in [9.17, 15) is 23.2 Å². The number of halogens is 3. The Labute approximate surface area is 167 Å². The maximum absolute atomic E-state index is 13.1. The molecule has 0 radical (unpaired) electrons. The molecule has 0 heterocycles. The SMILES string of the molecule is O=C(COC(=O)/C=C/c1ccc(Br)cc1)NCC(=O)Nc1ccc(F)c(F)c1. The molecule has 0 atom stereocenters. The molecule has 146 valence electrons. The van der Waals surface area contributed by atoms with Crippen molar-refractivity contribution >= 4 is 45.5 Å². The highest BCUT2D eigenvalue weighted by atomic mass is 79.9. The van der Waals surface area contributed by atoms with Gasteiger partial charge in [-0.15, -0.1) is 0 Å². The molecule has 0 aromatic heterocycles. The van der Waals surface area contributed by atoms with E-state index in [-0.39, 0.29) is 5.69 Å². The van der Waals surface area contributed by atoms with Crippen molar-refractivity contribution in [1.29, 1.82) is 0 Å². The van der Waals surface area contributed by atoms with Crippen LogP contribution >= 0.6 is 15.9 Å². The van der Waals surface area contributed by atoms with Gasteiger partial charge in [0.15, 0.2) is 18.2 Å². The van der Waals surface area contributed by atoms with Gasteiger partial charge in [-0.1, -0.05) is 28.1 Å². The topological polar surface area (TPSA) is 84.5 Å². The maximum atomic E-state index is 13.1. The van der Waals surface area contributed by atoms with Crippen LogP contribution in [0.25, 0.3) is 6.08 Å². The first-order chi connectivity index (χ1) is 13.3. The number of ether oxygens (including phenoxy) is 1. The van der Waals surface area contributed by atoms with Crippen molar-refractivity contribution < 1.29 is 27.9 Å². The Morgan fingerprint density at radius 3 is 2.39 bits per heavy atom. The summed E-state index contributed by atoms with van der Waals surface area (Å²) < 4.78 is 31.5. The van der Waals surface area contributed by atoms with Gasteiger partial charge in [-0.3, -0.25) is 9.59 Å². The Hall–Kier alpha value is -3.07. The summed E-state index contributed by atoms with van der Waals surface area (Å²) in [5.41, 5.74) is 0.821. The van der Waals surface area contributed by atoms with Gasteiger partial charge in [-0.25, -0.2) is 13.6 Å². The smallest absolute Gasteiger partial charge is 0.331 e. The summed E-state index contributed by atoms with van der Waals surface area (Å²) in [6, 6.07) is 10.0. The molecule has 28 heavy (non-hydrogen) atoms. The molecular weight excluding hydrogens is 438 g/mol. The lowest BCUT2D eigenvalue weighted by atomic mass is 10.2. The first-order valence-electron chi connectivity index (χ1n) is 7.95. The Bertz CT molecular complexity index is 901. The van der Waals surface area contributed by atoms with E-state index < -0.39 is 42.6 Å². The zero-order chi connectivity index (χ0) is 20.5. The summed E-state index contributed by atoms with van der Waals surface area (Å²) in [4.78, 5) is 34.9. The number of amides is 2. The summed E-state index contributed by atoms with van der Waals surface area (Å²) in [5.74, 6) is -4.21. The lowest BCUT2D eigenvalue weighted by Crippen LogP contribution is -2.35. The van der Waals surface area contributed by atoms with Crippen molar-refractivity contribution in [1.82, 2.24) is 5.32 Å². The average Bonchev–Trinajstić information content (AvgIpc) is 2.67. The molecule has 6 nitrogen and oxygen atoms in total. The molecule has 0 unspecified atom stereocenters. The van der Waals surface area contributed by atoms with E-state index in [4.69, 9.17) is 4.74 Å². The molecule has 0 bridgehead atoms. The summed E-state index contributed by atoms with van der Waals surface area (Å²) in [7, 11) is 0. The van der Waals surface area contributed by atoms with Crippen molar-refractivity contribution in [2.45, 2.75) is 0 Å². The summed E-state index contributed by atoms with van der Waals surface area (Å²) >= 11 is 3.30. The summed E-state index contributed by atoms with van der Waals surface area (Å²) in [6.07, 6.45) is 2.70. The lowest BCUT2D eigenvalue weighted by Gasteiger charge is -2.07. The number of hydrogen-bond acceptors (Lipinski definition) is 4. The quantitative estimate of drug-likeness (QED) is 0.499. The van der Waals surface area contributed by atoms with Crippen LogP contribution < -0.4 is 10.6 Å². The van der Waals surface area contributed by atoms with E-state index in [1.54, 1.807) is 12.1 Å². The standard InChI is InChI=1S/C19H15BrF2N2O4/c20-13-4-1-12(2-5-13)3-8-19(27)28-11-18(26)23-10-17(25)24-14-6-7-15(21)16(22)9-14/h1-9H,10-11H2,(H,23,26)(H,24,25)/b8-3+. The van der Waals surface area contributed by atoms with Gasteiger partial charge in [-0.05, 0) is 35.9 Å². The van der Waals surface area contributed by atoms with E-state index in [2.05, 4.69) is 26.6 Å². The van der Waals surface area contributed by atoms with E-state index >= 15 is 0 Å². The van der Waals surface area contributed by atoms with Crippen LogP contribution in [0.1, 0.15) is 5.56 Å². The summed E-state index contributed by atoms with van der Waals surface area (Å²) in [6.45, 7) is -0.994. The van der Waals surface area contributed by atoms with Gasteiger partial charge < -0.3 is 15.4 Å². The highest BCUT2D eigenvalue weighted by Gasteiger charge is 2.09. The number of esters is 1. The number of anilines is 1. The zero-order valence-corrected chi connectivity index (χ0v) is 16.0. The predicted molar refractivity (Wildman–Crippen MR) is 102 cm³/mol. The van der Waals surface area contributed by atoms with Crippen LogP contribution in [0.2, 0.25) is 0 Å². The van der Waals surface area contributed by atoms with Gasteiger partial charge in [0.05, 0.1) is 6.54 Å². The molecule has 0 aliphatic heterocycles. The van der Waals surface area contributed by atoms with Gasteiger partial charge in [0, 0.05) is 22.3 Å². The first kappa shape index (κ1) is 21.2. The van der Waals surface area contributed by atoms with E-state index in [0.717, 1.165) is 22.2 Å². The molecule has 0 aliphatic carbocycles. The average molecular weight is 453 g/mol. The zero-order valence-electron chi connectivity index (χ0n) is 14.4. The van der Waals surface area contributed by atoms with Crippen molar-refractivity contribution in [2.75, 3.05) is 18.5 Å². The third-order valence-corrected chi connectivity index (χ3v) is 3.81. The maximum Gasteiger partial charge on any atom is 0.331 e. The van der Waals surface area contributed by atoms with Crippen LogP contribution in [0.3, 0.4) is 0 Å². The number of nitrogens with one attached hydrogen (secondary N) is 2. The molecule has 2 amide bonds. The molecule has 0 aliphatic rings. The van der Waals surface area contributed by atoms with Crippen LogP contribution in [0.5, 0.6) is 0 Å². The molecule has 2 N–H and O–H groups in total. The second kappa shape index (κ2) is 10.3. The third-order valence-electron chi connectivity index (χ3n) is 3.28. The molecule has 0 saturated carbocycles. The highest BCUT2D eigenvalue weighted by Crippen LogP contribution is 2.13. The molecule has 0 spiro atoms. The minimum absolute atomic E-state index is 0.0441. The van der Waals surface area contributed by atoms with Gasteiger partial charge in [0.25, 0.3) is 5.91 Å². The predicted octanol–water partition coefficient (Wildman–Crippen LogP) is 3.04. The van der Waals surface area contributed by atoms with Crippen LogP contribution in [0.4, 0.5) is 14.5 Å². The second-order valence-electron chi connectivity index (χ2n) is 5.45. The normalized spacial score (nSPS) is 10.5. The molecule has 2 aromatic rings. The fourth-order valence-corrected chi connectivity index (χ4v) is 2.20. The second-order valence-corrected chi connectivity index (χ2v) is 6.36. The Morgan fingerprint density at radius 2 is 1.71 bits per heavy atom. The lowest BCUT2D eigenvalue weighted by molar-refractivity contribution is -0.143.